The SMILES string of the molecule is Cc1cc[n+](C)c(-c2c(C)ccc3c2oc2ccc4c(c23)C(C)(C)CCC4(C)C)c1. The predicted molar refractivity (Wildman–Crippen MR) is 125 cm³/mol. The molecule has 0 N–H and O–H groups in total. The van der Waals surface area contributed by atoms with Crippen molar-refractivity contribution in [1.29, 1.82) is 0 Å². The Labute approximate surface area is 179 Å². The zero-order chi connectivity index (χ0) is 21.4. The van der Waals surface area contributed by atoms with E-state index in [4.69, 9.17) is 4.42 Å². The number of hydrogen-bond acceptors (Lipinski definition) is 1. The first-order chi connectivity index (χ1) is 14.1. The molecule has 0 unspecified atom stereocenters. The van der Waals surface area contributed by atoms with Crippen LogP contribution in [0.1, 0.15) is 62.8 Å². The highest BCUT2D eigenvalue weighted by Gasteiger charge is 2.39. The van der Waals surface area contributed by atoms with Gasteiger partial charge in [0.15, 0.2) is 6.20 Å². The van der Waals surface area contributed by atoms with Gasteiger partial charge in [-0.2, -0.15) is 0 Å². The Bertz CT molecular complexity index is 1320. The Morgan fingerprint density at radius 3 is 2.40 bits per heavy atom. The maximum atomic E-state index is 6.63. The Morgan fingerprint density at radius 2 is 1.63 bits per heavy atom. The van der Waals surface area contributed by atoms with Gasteiger partial charge in [0.05, 0.1) is 5.56 Å². The average molecular weight is 399 g/mol. The molecule has 0 radical (unpaired) electrons. The molecule has 0 spiro atoms. The molecule has 5 rings (SSSR count). The second-order valence-electron chi connectivity index (χ2n) is 10.6. The molecule has 0 fully saturated rings. The molecule has 2 nitrogen and oxygen atoms in total. The first-order valence-corrected chi connectivity index (χ1v) is 11.1. The van der Waals surface area contributed by atoms with Crippen LogP contribution in [0.4, 0.5) is 0 Å². The van der Waals surface area contributed by atoms with Gasteiger partial charge in [-0.1, -0.05) is 45.9 Å². The minimum atomic E-state index is 0.139. The van der Waals surface area contributed by atoms with Gasteiger partial charge in [-0.15, -0.1) is 0 Å². The maximum absolute atomic E-state index is 6.63. The van der Waals surface area contributed by atoms with Gasteiger partial charge in [0.25, 0.3) is 0 Å². The quantitative estimate of drug-likeness (QED) is 0.314. The van der Waals surface area contributed by atoms with Crippen LogP contribution in [-0.2, 0) is 17.9 Å². The van der Waals surface area contributed by atoms with E-state index in [1.54, 1.807) is 0 Å². The number of hydrogen-bond donors (Lipinski definition) is 0. The second kappa shape index (κ2) is 6.20. The zero-order valence-corrected chi connectivity index (χ0v) is 19.3. The lowest BCUT2D eigenvalue weighted by molar-refractivity contribution is -0.660. The molecule has 30 heavy (non-hydrogen) atoms. The van der Waals surface area contributed by atoms with Gasteiger partial charge < -0.3 is 4.42 Å². The number of aromatic nitrogens is 1. The molecule has 2 aromatic heterocycles. The van der Waals surface area contributed by atoms with Crippen molar-refractivity contribution in [3.63, 3.8) is 0 Å². The fourth-order valence-corrected chi connectivity index (χ4v) is 5.42. The molecule has 2 heterocycles. The van der Waals surface area contributed by atoms with Gasteiger partial charge in [-0.25, -0.2) is 4.57 Å². The van der Waals surface area contributed by atoms with E-state index in [-0.39, 0.29) is 10.8 Å². The number of pyridine rings is 1. The van der Waals surface area contributed by atoms with E-state index in [1.165, 1.54) is 57.1 Å². The largest absolute Gasteiger partial charge is 0.455 e. The summed E-state index contributed by atoms with van der Waals surface area (Å²) in [4.78, 5) is 0. The first kappa shape index (κ1) is 19.4. The lowest BCUT2D eigenvalue weighted by Gasteiger charge is -2.42. The van der Waals surface area contributed by atoms with Gasteiger partial charge in [0, 0.05) is 22.9 Å². The third-order valence-electron chi connectivity index (χ3n) is 7.36. The van der Waals surface area contributed by atoms with Crippen LogP contribution in [-0.4, -0.2) is 0 Å². The number of rotatable bonds is 1. The molecule has 0 saturated heterocycles. The zero-order valence-electron chi connectivity index (χ0n) is 19.3. The van der Waals surface area contributed by atoms with E-state index in [1.807, 2.05) is 0 Å². The van der Waals surface area contributed by atoms with Gasteiger partial charge in [-0.3, -0.25) is 0 Å². The van der Waals surface area contributed by atoms with Crippen molar-refractivity contribution in [3.05, 3.63) is 64.8 Å². The van der Waals surface area contributed by atoms with Crippen LogP contribution < -0.4 is 4.57 Å². The standard InChI is InChI=1S/C28H32NO/c1-17-12-15-29(7)21(16-17)23-18(2)8-9-19-24-22(30-26(19)23)11-10-20-25(24)28(5,6)14-13-27(20,3)4/h8-12,15-16H,13-14H2,1-7H3/q+1. The fourth-order valence-electron chi connectivity index (χ4n) is 5.42. The monoisotopic (exact) mass is 398 g/mol. The highest BCUT2D eigenvalue weighted by molar-refractivity contribution is 6.12. The van der Waals surface area contributed by atoms with E-state index in [0.717, 1.165) is 11.2 Å². The maximum Gasteiger partial charge on any atom is 0.216 e. The van der Waals surface area contributed by atoms with E-state index in [9.17, 15) is 0 Å². The highest BCUT2D eigenvalue weighted by Crippen LogP contribution is 2.51. The van der Waals surface area contributed by atoms with Gasteiger partial charge in [0.1, 0.15) is 18.2 Å². The van der Waals surface area contributed by atoms with Crippen molar-refractivity contribution in [3.8, 4) is 11.3 Å². The Balaban J connectivity index is 1.94. The van der Waals surface area contributed by atoms with Gasteiger partial charge in [0.2, 0.25) is 5.69 Å². The molecule has 0 atom stereocenters. The van der Waals surface area contributed by atoms with E-state index in [2.05, 4.69) is 95.8 Å². The normalized spacial score (nSPS) is 17.4. The third-order valence-corrected chi connectivity index (χ3v) is 7.36. The Morgan fingerprint density at radius 1 is 0.900 bits per heavy atom. The van der Waals surface area contributed by atoms with Crippen molar-refractivity contribution >= 4 is 21.9 Å². The molecule has 2 aromatic carbocycles. The number of aryl methyl sites for hydroxylation is 3. The summed E-state index contributed by atoms with van der Waals surface area (Å²) in [7, 11) is 2.11. The van der Waals surface area contributed by atoms with E-state index >= 15 is 0 Å². The average Bonchev–Trinajstić information content (AvgIpc) is 3.05. The molecule has 0 saturated carbocycles. The molecule has 2 heteroatoms. The molecular formula is C28H32NO+. The van der Waals surface area contributed by atoms with Crippen molar-refractivity contribution in [2.75, 3.05) is 0 Å². The summed E-state index contributed by atoms with van der Waals surface area (Å²) in [5, 5.41) is 2.56. The van der Waals surface area contributed by atoms with E-state index < -0.39 is 0 Å². The van der Waals surface area contributed by atoms with Gasteiger partial charge >= 0.3 is 0 Å². The molecule has 0 aliphatic heterocycles. The summed E-state index contributed by atoms with van der Waals surface area (Å²) in [6, 6.07) is 13.5. The molecule has 0 amide bonds. The molecule has 4 aromatic rings. The Hall–Kier alpha value is -2.61. The van der Waals surface area contributed by atoms with E-state index in [0.29, 0.717) is 0 Å². The number of furan rings is 1. The van der Waals surface area contributed by atoms with Crippen LogP contribution in [0.25, 0.3) is 33.2 Å². The van der Waals surface area contributed by atoms with Crippen LogP contribution in [0.3, 0.4) is 0 Å². The van der Waals surface area contributed by atoms with Crippen molar-refractivity contribution in [2.24, 2.45) is 7.05 Å². The molecular weight excluding hydrogens is 366 g/mol. The van der Waals surface area contributed by atoms with Crippen LogP contribution in [0.2, 0.25) is 0 Å². The van der Waals surface area contributed by atoms with Gasteiger partial charge in [-0.05, 0) is 65.8 Å². The summed E-state index contributed by atoms with van der Waals surface area (Å²) in [6.45, 7) is 13.9. The summed E-state index contributed by atoms with van der Waals surface area (Å²) < 4.78 is 8.83. The number of benzene rings is 2. The predicted octanol–water partition coefficient (Wildman–Crippen LogP) is 7.04. The lowest BCUT2D eigenvalue weighted by atomic mass is 9.62. The first-order valence-electron chi connectivity index (χ1n) is 11.1. The van der Waals surface area contributed by atoms with Crippen molar-refractivity contribution < 1.29 is 8.98 Å². The summed E-state index contributed by atoms with van der Waals surface area (Å²) >= 11 is 0. The summed E-state index contributed by atoms with van der Waals surface area (Å²) in [5.74, 6) is 0. The fraction of sp³-hybridized carbons (Fsp3) is 0.393. The smallest absolute Gasteiger partial charge is 0.216 e. The molecule has 1 aliphatic carbocycles. The number of nitrogens with zero attached hydrogens (tertiary/aromatic N) is 1. The van der Waals surface area contributed by atoms with Crippen molar-refractivity contribution in [2.45, 2.75) is 65.2 Å². The third kappa shape index (κ3) is 2.66. The number of fused-ring (bicyclic) bond motifs is 5. The van der Waals surface area contributed by atoms with Crippen LogP contribution in [0.15, 0.2) is 47.0 Å². The molecule has 0 bridgehead atoms. The summed E-state index contributed by atoms with van der Waals surface area (Å²) in [6.07, 6.45) is 4.56. The Kier molecular flexibility index (Phi) is 4.00. The lowest BCUT2D eigenvalue weighted by Crippen LogP contribution is -2.33. The second-order valence-corrected chi connectivity index (χ2v) is 10.6. The topological polar surface area (TPSA) is 17.0 Å². The summed E-state index contributed by atoms with van der Waals surface area (Å²) in [5.41, 5.74) is 10.2. The van der Waals surface area contributed by atoms with Crippen LogP contribution in [0, 0.1) is 13.8 Å². The molecule has 154 valence electrons. The minimum absolute atomic E-state index is 0.139. The van der Waals surface area contributed by atoms with Crippen molar-refractivity contribution in [1.82, 2.24) is 0 Å². The molecule has 1 aliphatic rings. The highest BCUT2D eigenvalue weighted by atomic mass is 16.3. The minimum Gasteiger partial charge on any atom is -0.455 e. The van der Waals surface area contributed by atoms with Crippen LogP contribution in [0.5, 0.6) is 0 Å². The van der Waals surface area contributed by atoms with Crippen LogP contribution >= 0.6 is 0 Å².